The number of nitrogens with zero attached hydrogens (tertiary/aromatic N) is 2. The lowest BCUT2D eigenvalue weighted by molar-refractivity contribution is -0.116. The van der Waals surface area contributed by atoms with Crippen LogP contribution < -0.4 is 10.1 Å². The maximum atomic E-state index is 12.0. The second kappa shape index (κ2) is 9.78. The van der Waals surface area contributed by atoms with Crippen molar-refractivity contribution in [2.75, 3.05) is 18.2 Å². The predicted octanol–water partition coefficient (Wildman–Crippen LogP) is 4.40. The Morgan fingerprint density at radius 3 is 2.70 bits per heavy atom. The molecule has 0 saturated carbocycles. The largest absolute Gasteiger partial charge is 0.496 e. The number of para-hydroxylation sites is 1. The van der Waals surface area contributed by atoms with Crippen molar-refractivity contribution in [1.82, 2.24) is 10.2 Å². The van der Waals surface area contributed by atoms with Gasteiger partial charge in [0.1, 0.15) is 5.75 Å². The smallest absolute Gasteiger partial charge is 0.322 e. The first-order valence-corrected chi connectivity index (χ1v) is 9.80. The molecule has 0 unspecified atom stereocenters. The van der Waals surface area contributed by atoms with E-state index in [1.54, 1.807) is 7.11 Å². The monoisotopic (exact) mass is 383 g/mol. The van der Waals surface area contributed by atoms with E-state index in [0.717, 1.165) is 17.9 Å². The molecule has 1 amide bonds. The summed E-state index contributed by atoms with van der Waals surface area (Å²) in [5.41, 5.74) is 1.98. The van der Waals surface area contributed by atoms with Gasteiger partial charge in [0.2, 0.25) is 5.91 Å². The molecule has 3 rings (SSSR count). The fourth-order valence-electron chi connectivity index (χ4n) is 2.48. The van der Waals surface area contributed by atoms with Crippen molar-refractivity contribution in [3.8, 4) is 17.2 Å². The molecule has 3 aromatic rings. The molecule has 1 heterocycles. The van der Waals surface area contributed by atoms with E-state index in [0.29, 0.717) is 23.6 Å². The van der Waals surface area contributed by atoms with E-state index in [1.807, 2.05) is 54.2 Å². The molecular weight excluding hydrogens is 362 g/mol. The van der Waals surface area contributed by atoms with Gasteiger partial charge in [0.05, 0.1) is 12.7 Å². The number of benzene rings is 2. The van der Waals surface area contributed by atoms with Crippen molar-refractivity contribution >= 4 is 23.7 Å². The number of hydrogen-bond acceptors (Lipinski definition) is 6. The highest BCUT2D eigenvalue weighted by molar-refractivity contribution is 7.98. The van der Waals surface area contributed by atoms with Gasteiger partial charge in [-0.1, -0.05) is 47.6 Å². The van der Waals surface area contributed by atoms with E-state index in [-0.39, 0.29) is 11.9 Å². The van der Waals surface area contributed by atoms with Crippen molar-refractivity contribution in [2.45, 2.75) is 18.6 Å². The van der Waals surface area contributed by atoms with Gasteiger partial charge in [-0.05, 0) is 29.9 Å². The summed E-state index contributed by atoms with van der Waals surface area (Å²) in [6, 6.07) is 17.7. The summed E-state index contributed by atoms with van der Waals surface area (Å²) in [5, 5.41) is 10.5. The minimum absolute atomic E-state index is 0.0952. The van der Waals surface area contributed by atoms with Gasteiger partial charge >= 0.3 is 6.01 Å². The van der Waals surface area contributed by atoms with Crippen LogP contribution in [0, 0.1) is 0 Å². The molecular formula is C20H21N3O3S. The number of rotatable bonds is 9. The highest BCUT2D eigenvalue weighted by atomic mass is 32.2. The Hall–Kier alpha value is -2.80. The third-order valence-electron chi connectivity index (χ3n) is 3.81. The molecule has 0 saturated heterocycles. The number of carbonyl (C=O) groups is 1. The molecule has 2 aromatic carbocycles. The van der Waals surface area contributed by atoms with Crippen LogP contribution in [0.25, 0.3) is 11.5 Å². The van der Waals surface area contributed by atoms with E-state index in [2.05, 4.69) is 27.6 Å². The summed E-state index contributed by atoms with van der Waals surface area (Å²) in [4.78, 5) is 12.0. The number of amides is 1. The van der Waals surface area contributed by atoms with E-state index in [9.17, 15) is 4.79 Å². The minimum Gasteiger partial charge on any atom is -0.496 e. The van der Waals surface area contributed by atoms with E-state index >= 15 is 0 Å². The number of anilines is 1. The number of nitrogens with one attached hydrogen (secondary N) is 1. The van der Waals surface area contributed by atoms with Gasteiger partial charge in [-0.15, -0.1) is 5.10 Å². The van der Waals surface area contributed by atoms with Crippen molar-refractivity contribution < 1.29 is 13.9 Å². The molecule has 140 valence electrons. The number of thioether (sulfide) groups is 1. The fraction of sp³-hybridized carbons (Fsp3) is 0.250. The summed E-state index contributed by atoms with van der Waals surface area (Å²) in [6.07, 6.45) is 1.20. The van der Waals surface area contributed by atoms with Crippen molar-refractivity contribution in [3.05, 3.63) is 60.2 Å². The third kappa shape index (κ3) is 5.59. The van der Waals surface area contributed by atoms with Gasteiger partial charge in [-0.3, -0.25) is 10.1 Å². The van der Waals surface area contributed by atoms with Gasteiger partial charge in [0.15, 0.2) is 0 Å². The van der Waals surface area contributed by atoms with Crippen LogP contribution >= 0.6 is 11.8 Å². The van der Waals surface area contributed by atoms with Crippen molar-refractivity contribution in [2.24, 2.45) is 0 Å². The van der Waals surface area contributed by atoms with Gasteiger partial charge in [0.25, 0.3) is 5.89 Å². The number of ether oxygens (including phenoxy) is 1. The first-order chi connectivity index (χ1) is 13.3. The Balaban J connectivity index is 1.43. The minimum atomic E-state index is -0.134. The first-order valence-electron chi connectivity index (χ1n) is 8.64. The van der Waals surface area contributed by atoms with Crippen LogP contribution in [0.1, 0.15) is 18.4 Å². The molecule has 0 fully saturated rings. The third-order valence-corrected chi connectivity index (χ3v) is 4.93. The van der Waals surface area contributed by atoms with Crippen LogP contribution in [-0.4, -0.2) is 29.0 Å². The Kier molecular flexibility index (Phi) is 6.87. The van der Waals surface area contributed by atoms with Gasteiger partial charge in [-0.25, -0.2) is 0 Å². The fourth-order valence-corrected chi connectivity index (χ4v) is 3.41. The highest BCUT2D eigenvalue weighted by Gasteiger charge is 2.14. The molecule has 0 aliphatic rings. The zero-order chi connectivity index (χ0) is 18.9. The molecule has 0 atom stereocenters. The summed E-state index contributed by atoms with van der Waals surface area (Å²) in [5.74, 6) is 2.67. The topological polar surface area (TPSA) is 77.3 Å². The van der Waals surface area contributed by atoms with Gasteiger partial charge in [-0.2, -0.15) is 11.8 Å². The lowest BCUT2D eigenvalue weighted by Gasteiger charge is -2.03. The van der Waals surface area contributed by atoms with Crippen LogP contribution in [0.15, 0.2) is 59.0 Å². The van der Waals surface area contributed by atoms with Crippen LogP contribution in [-0.2, 0) is 10.5 Å². The molecule has 6 nitrogen and oxygen atoms in total. The molecule has 0 bridgehead atoms. The maximum absolute atomic E-state index is 12.0. The quantitative estimate of drug-likeness (QED) is 0.552. The SMILES string of the molecule is COc1ccccc1-c1nnc(NC(=O)CCCSCc2ccccc2)o1. The summed E-state index contributed by atoms with van der Waals surface area (Å²) in [7, 11) is 1.58. The highest BCUT2D eigenvalue weighted by Crippen LogP contribution is 2.29. The Labute approximate surface area is 162 Å². The zero-order valence-electron chi connectivity index (χ0n) is 15.1. The molecule has 0 spiro atoms. The normalized spacial score (nSPS) is 10.6. The average Bonchev–Trinajstić information content (AvgIpc) is 3.16. The Morgan fingerprint density at radius 2 is 1.89 bits per heavy atom. The van der Waals surface area contributed by atoms with Crippen LogP contribution in [0.4, 0.5) is 6.01 Å². The number of hydrogen-bond donors (Lipinski definition) is 1. The van der Waals surface area contributed by atoms with E-state index in [1.165, 1.54) is 5.56 Å². The van der Waals surface area contributed by atoms with Crippen LogP contribution in [0.5, 0.6) is 5.75 Å². The van der Waals surface area contributed by atoms with Crippen molar-refractivity contribution in [3.63, 3.8) is 0 Å². The van der Waals surface area contributed by atoms with Crippen LogP contribution in [0.2, 0.25) is 0 Å². The first kappa shape index (κ1) is 19.0. The lowest BCUT2D eigenvalue weighted by Crippen LogP contribution is -2.11. The second-order valence-electron chi connectivity index (χ2n) is 5.80. The molecule has 0 aliphatic carbocycles. The number of carbonyl (C=O) groups excluding carboxylic acids is 1. The summed E-state index contributed by atoms with van der Waals surface area (Å²) < 4.78 is 10.8. The number of aromatic nitrogens is 2. The Bertz CT molecular complexity index is 868. The molecule has 0 aliphatic heterocycles. The molecule has 1 aromatic heterocycles. The predicted molar refractivity (Wildman–Crippen MR) is 107 cm³/mol. The standard InChI is InChI=1S/C20H21N3O3S/c1-25-17-11-6-5-10-16(17)19-22-23-20(26-19)21-18(24)12-7-13-27-14-15-8-3-2-4-9-15/h2-6,8-11H,7,12-14H2,1H3,(H,21,23,24). The molecule has 1 N–H and O–H groups in total. The summed E-state index contributed by atoms with van der Waals surface area (Å²) >= 11 is 1.81. The van der Waals surface area contributed by atoms with Gasteiger partial charge < -0.3 is 9.15 Å². The molecule has 0 radical (unpaired) electrons. The molecule has 27 heavy (non-hydrogen) atoms. The van der Waals surface area contributed by atoms with Crippen molar-refractivity contribution in [1.29, 1.82) is 0 Å². The average molecular weight is 383 g/mol. The van der Waals surface area contributed by atoms with E-state index in [4.69, 9.17) is 9.15 Å². The van der Waals surface area contributed by atoms with E-state index < -0.39 is 0 Å². The zero-order valence-corrected chi connectivity index (χ0v) is 15.9. The second-order valence-corrected chi connectivity index (χ2v) is 6.91. The summed E-state index contributed by atoms with van der Waals surface area (Å²) in [6.45, 7) is 0. The van der Waals surface area contributed by atoms with Gasteiger partial charge in [0, 0.05) is 12.2 Å². The number of methoxy groups -OCH3 is 1. The van der Waals surface area contributed by atoms with Crippen LogP contribution in [0.3, 0.4) is 0 Å². The Morgan fingerprint density at radius 1 is 1.11 bits per heavy atom. The maximum Gasteiger partial charge on any atom is 0.322 e. The molecule has 7 heteroatoms. The lowest BCUT2D eigenvalue weighted by atomic mass is 10.2.